The van der Waals surface area contributed by atoms with Crippen molar-refractivity contribution in [3.63, 3.8) is 0 Å². The second-order valence-corrected chi connectivity index (χ2v) is 7.08. The molecule has 1 saturated heterocycles. The Labute approximate surface area is 163 Å². The number of carbonyl (C=O) groups excluding carboxylic acids is 2. The highest BCUT2D eigenvalue weighted by atomic mass is 35.5. The predicted octanol–water partition coefficient (Wildman–Crippen LogP) is 4.13. The fourth-order valence-electron chi connectivity index (χ4n) is 3.39. The van der Waals surface area contributed by atoms with E-state index >= 15 is 0 Å². The highest BCUT2D eigenvalue weighted by Gasteiger charge is 2.32. The lowest BCUT2D eigenvalue weighted by Crippen LogP contribution is -2.43. The molecule has 1 atom stereocenters. The Kier molecular flexibility index (Phi) is 6.11. The van der Waals surface area contributed by atoms with Gasteiger partial charge in [0, 0.05) is 32.1 Å². The number of amides is 2. The van der Waals surface area contributed by atoms with Crippen LogP contribution in [0.25, 0.3) is 0 Å². The van der Waals surface area contributed by atoms with Gasteiger partial charge < -0.3 is 9.80 Å². The molecule has 6 heteroatoms. The molecule has 2 aromatic rings. The summed E-state index contributed by atoms with van der Waals surface area (Å²) in [4.78, 5) is 29.0. The predicted molar refractivity (Wildman–Crippen MR) is 103 cm³/mol. The van der Waals surface area contributed by atoms with E-state index in [-0.39, 0.29) is 35.5 Å². The first-order chi connectivity index (χ1) is 13.0. The maximum Gasteiger partial charge on any atom is 0.256 e. The first kappa shape index (κ1) is 19.4. The molecule has 2 aromatic carbocycles. The third-order valence-corrected chi connectivity index (χ3v) is 5.22. The van der Waals surface area contributed by atoms with Crippen molar-refractivity contribution in [2.75, 3.05) is 13.1 Å². The summed E-state index contributed by atoms with van der Waals surface area (Å²) in [7, 11) is 0. The molecule has 142 valence electrons. The van der Waals surface area contributed by atoms with E-state index in [1.54, 1.807) is 11.0 Å². The van der Waals surface area contributed by atoms with Crippen LogP contribution in [-0.2, 0) is 11.3 Å². The van der Waals surface area contributed by atoms with Gasteiger partial charge in [-0.3, -0.25) is 9.59 Å². The van der Waals surface area contributed by atoms with Gasteiger partial charge in [-0.1, -0.05) is 54.9 Å². The number of rotatable bonds is 4. The number of hydrogen-bond donors (Lipinski definition) is 0. The van der Waals surface area contributed by atoms with Crippen molar-refractivity contribution in [2.45, 2.75) is 32.4 Å². The van der Waals surface area contributed by atoms with E-state index in [0.29, 0.717) is 19.5 Å². The van der Waals surface area contributed by atoms with Crippen LogP contribution in [0.1, 0.15) is 35.7 Å². The van der Waals surface area contributed by atoms with Gasteiger partial charge in [-0.15, -0.1) is 0 Å². The zero-order valence-corrected chi connectivity index (χ0v) is 16.0. The van der Waals surface area contributed by atoms with E-state index in [2.05, 4.69) is 0 Å². The van der Waals surface area contributed by atoms with Crippen LogP contribution < -0.4 is 0 Å². The lowest BCUT2D eigenvalue weighted by atomic mass is 10.1. The summed E-state index contributed by atoms with van der Waals surface area (Å²) in [6, 6.07) is 14.1. The van der Waals surface area contributed by atoms with Crippen molar-refractivity contribution in [2.24, 2.45) is 0 Å². The minimum Gasteiger partial charge on any atom is -0.336 e. The number of benzene rings is 2. The third kappa shape index (κ3) is 4.30. The quantitative estimate of drug-likeness (QED) is 0.790. The minimum atomic E-state index is -0.714. The maximum absolute atomic E-state index is 14.3. The van der Waals surface area contributed by atoms with Crippen molar-refractivity contribution in [3.8, 4) is 0 Å². The average Bonchev–Trinajstić information content (AvgIpc) is 2.84. The molecule has 0 aromatic heterocycles. The van der Waals surface area contributed by atoms with Gasteiger partial charge in [0.05, 0.1) is 10.6 Å². The molecule has 1 unspecified atom stereocenters. The van der Waals surface area contributed by atoms with Gasteiger partial charge in [0.15, 0.2) is 5.82 Å². The van der Waals surface area contributed by atoms with Crippen LogP contribution in [-0.4, -0.2) is 40.7 Å². The summed E-state index contributed by atoms with van der Waals surface area (Å²) in [5.74, 6) is -1.13. The van der Waals surface area contributed by atoms with Crippen molar-refractivity contribution < 1.29 is 14.0 Å². The summed E-state index contributed by atoms with van der Waals surface area (Å²) in [6.45, 7) is 3.14. The van der Waals surface area contributed by atoms with Crippen LogP contribution in [0.3, 0.4) is 0 Å². The zero-order valence-electron chi connectivity index (χ0n) is 15.2. The summed E-state index contributed by atoms with van der Waals surface area (Å²) >= 11 is 5.81. The Morgan fingerprint density at radius 3 is 2.63 bits per heavy atom. The van der Waals surface area contributed by atoms with E-state index < -0.39 is 11.7 Å². The van der Waals surface area contributed by atoms with Crippen LogP contribution in [0.15, 0.2) is 48.5 Å². The molecule has 0 N–H and O–H groups in total. The number of nitrogens with zero attached hydrogens (tertiary/aromatic N) is 2. The molecule has 1 heterocycles. The monoisotopic (exact) mass is 388 g/mol. The normalized spacial score (nSPS) is 17.7. The van der Waals surface area contributed by atoms with Gasteiger partial charge in [-0.05, 0) is 24.1 Å². The Morgan fingerprint density at radius 2 is 1.93 bits per heavy atom. The Balaban J connectivity index is 1.82. The highest BCUT2D eigenvalue weighted by molar-refractivity contribution is 6.31. The second-order valence-electron chi connectivity index (χ2n) is 6.67. The molecular weight excluding hydrogens is 367 g/mol. The van der Waals surface area contributed by atoms with Crippen LogP contribution >= 0.6 is 11.6 Å². The molecule has 0 aliphatic carbocycles. The van der Waals surface area contributed by atoms with E-state index in [9.17, 15) is 14.0 Å². The van der Waals surface area contributed by atoms with Gasteiger partial charge in [-0.2, -0.15) is 0 Å². The highest BCUT2D eigenvalue weighted by Crippen LogP contribution is 2.22. The molecule has 1 fully saturated rings. The third-order valence-electron chi connectivity index (χ3n) is 4.92. The fraction of sp³-hybridized carbons (Fsp3) is 0.333. The number of halogens is 2. The first-order valence-electron chi connectivity index (χ1n) is 9.08. The molecule has 1 aliphatic rings. The maximum atomic E-state index is 14.3. The molecule has 0 radical (unpaired) electrons. The summed E-state index contributed by atoms with van der Waals surface area (Å²) in [5.41, 5.74) is 0.992. The van der Waals surface area contributed by atoms with Gasteiger partial charge >= 0.3 is 0 Å². The van der Waals surface area contributed by atoms with Crippen LogP contribution in [0, 0.1) is 5.82 Å². The molecule has 4 nitrogen and oxygen atoms in total. The van der Waals surface area contributed by atoms with Gasteiger partial charge in [-0.25, -0.2) is 4.39 Å². The number of hydrogen-bond acceptors (Lipinski definition) is 2. The van der Waals surface area contributed by atoms with E-state index in [1.807, 2.05) is 42.2 Å². The Bertz CT molecular complexity index is 828. The van der Waals surface area contributed by atoms with E-state index in [4.69, 9.17) is 11.6 Å². The molecule has 0 saturated carbocycles. The van der Waals surface area contributed by atoms with Crippen LogP contribution in [0.4, 0.5) is 4.39 Å². The molecule has 3 rings (SSSR count). The molecule has 27 heavy (non-hydrogen) atoms. The standard InChI is InChI=1S/C21H22ClFN2O2/c1-2-16-14-24(21(27)17-9-6-10-18(22)20(17)23)12-11-19(26)25(16)13-15-7-4-3-5-8-15/h3-10,16H,2,11-14H2,1H3. The van der Waals surface area contributed by atoms with Crippen molar-refractivity contribution in [3.05, 3.63) is 70.5 Å². The van der Waals surface area contributed by atoms with Crippen molar-refractivity contribution in [1.82, 2.24) is 9.80 Å². The lowest BCUT2D eigenvalue weighted by Gasteiger charge is -2.31. The van der Waals surface area contributed by atoms with Gasteiger partial charge in [0.2, 0.25) is 5.91 Å². The average molecular weight is 389 g/mol. The number of carbonyl (C=O) groups is 2. The minimum absolute atomic E-state index is 0.00701. The summed E-state index contributed by atoms with van der Waals surface area (Å²) in [6.07, 6.45) is 0.928. The SMILES string of the molecule is CCC1CN(C(=O)c2cccc(Cl)c2F)CCC(=O)N1Cc1ccccc1. The second kappa shape index (κ2) is 8.53. The van der Waals surface area contributed by atoms with Crippen molar-refractivity contribution in [1.29, 1.82) is 0 Å². The smallest absolute Gasteiger partial charge is 0.256 e. The summed E-state index contributed by atoms with van der Waals surface area (Å²) in [5, 5.41) is -0.0792. The Morgan fingerprint density at radius 1 is 1.19 bits per heavy atom. The van der Waals surface area contributed by atoms with Gasteiger partial charge in [0.1, 0.15) is 0 Å². The summed E-state index contributed by atoms with van der Waals surface area (Å²) < 4.78 is 14.3. The lowest BCUT2D eigenvalue weighted by molar-refractivity contribution is -0.133. The Hall–Kier alpha value is -2.40. The first-order valence-corrected chi connectivity index (χ1v) is 9.45. The molecular formula is C21H22ClFN2O2. The topological polar surface area (TPSA) is 40.6 Å². The van der Waals surface area contributed by atoms with Crippen LogP contribution in [0.2, 0.25) is 5.02 Å². The molecule has 2 amide bonds. The van der Waals surface area contributed by atoms with Crippen LogP contribution in [0.5, 0.6) is 0 Å². The van der Waals surface area contributed by atoms with E-state index in [1.165, 1.54) is 12.1 Å². The zero-order chi connectivity index (χ0) is 19.4. The molecule has 0 spiro atoms. The largest absolute Gasteiger partial charge is 0.336 e. The van der Waals surface area contributed by atoms with Crippen molar-refractivity contribution >= 4 is 23.4 Å². The molecule has 1 aliphatic heterocycles. The molecule has 0 bridgehead atoms. The van der Waals surface area contributed by atoms with Gasteiger partial charge in [0.25, 0.3) is 5.91 Å². The van der Waals surface area contributed by atoms with E-state index in [0.717, 1.165) is 5.56 Å². The fourth-order valence-corrected chi connectivity index (χ4v) is 3.57.